The molecule has 17 heavy (non-hydrogen) atoms. The first-order valence-corrected chi connectivity index (χ1v) is 6.61. The molecule has 2 heterocycles. The van der Waals surface area contributed by atoms with Crippen LogP contribution in [-0.2, 0) is 0 Å². The summed E-state index contributed by atoms with van der Waals surface area (Å²) in [6, 6.07) is 10.3. The van der Waals surface area contributed by atoms with Crippen LogP contribution in [0.1, 0.15) is 22.9 Å². The largest absolute Gasteiger partial charge is 0.176 e. The first kappa shape index (κ1) is 9.38. The first-order chi connectivity index (χ1) is 8.45. The maximum Gasteiger partial charge on any atom is 0.130 e. The Bertz CT molecular complexity index is 633. The second-order valence-electron chi connectivity index (χ2n) is 3.84. The van der Waals surface area contributed by atoms with Gasteiger partial charge in [-0.05, 0) is 5.56 Å². The molecule has 0 spiro atoms. The Kier molecular flexibility index (Phi) is 1.88. The summed E-state index contributed by atoms with van der Waals surface area (Å²) < 4.78 is 17.4. The van der Waals surface area contributed by atoms with Crippen LogP contribution in [0.25, 0.3) is 11.4 Å². The predicted molar refractivity (Wildman–Crippen MR) is 66.2 cm³/mol. The van der Waals surface area contributed by atoms with E-state index >= 15 is 0 Å². The summed E-state index contributed by atoms with van der Waals surface area (Å²) in [4.78, 5) is 0. The highest BCUT2D eigenvalue weighted by Gasteiger charge is 2.37. The molecular formula is C11H6N4S2. The van der Waals surface area contributed by atoms with E-state index in [9.17, 15) is 0 Å². The van der Waals surface area contributed by atoms with Crippen molar-refractivity contribution in [3.8, 4) is 11.4 Å². The van der Waals surface area contributed by atoms with Crippen LogP contribution in [0, 0.1) is 0 Å². The van der Waals surface area contributed by atoms with E-state index in [0.717, 1.165) is 22.8 Å². The van der Waals surface area contributed by atoms with Gasteiger partial charge in [0.05, 0.1) is 40.8 Å². The Morgan fingerprint density at radius 2 is 1.35 bits per heavy atom. The average molecular weight is 258 g/mol. The number of hydrogen-bond donors (Lipinski definition) is 0. The van der Waals surface area contributed by atoms with Gasteiger partial charge in [-0.3, -0.25) is 0 Å². The van der Waals surface area contributed by atoms with Crippen molar-refractivity contribution < 1.29 is 0 Å². The monoisotopic (exact) mass is 258 g/mol. The van der Waals surface area contributed by atoms with Crippen LogP contribution in [0.2, 0.25) is 0 Å². The zero-order valence-corrected chi connectivity index (χ0v) is 10.2. The number of nitrogens with zero attached hydrogens (tertiary/aromatic N) is 4. The second-order valence-corrected chi connectivity index (χ2v) is 4.90. The molecule has 0 bridgehead atoms. The normalized spacial score (nSPS) is 13.6. The van der Waals surface area contributed by atoms with E-state index < -0.39 is 0 Å². The van der Waals surface area contributed by atoms with E-state index in [1.54, 1.807) is 0 Å². The molecule has 0 fully saturated rings. The van der Waals surface area contributed by atoms with Gasteiger partial charge in [-0.25, -0.2) is 0 Å². The van der Waals surface area contributed by atoms with E-state index in [0.29, 0.717) is 0 Å². The lowest BCUT2D eigenvalue weighted by Gasteiger charge is -2.07. The third-order valence-corrected chi connectivity index (χ3v) is 4.02. The van der Waals surface area contributed by atoms with E-state index in [1.165, 1.54) is 29.0 Å². The molecule has 0 N–H and O–H groups in total. The minimum atomic E-state index is 0.110. The van der Waals surface area contributed by atoms with Gasteiger partial charge in [0, 0.05) is 0 Å². The molecule has 0 radical (unpaired) electrons. The second kappa shape index (κ2) is 3.41. The van der Waals surface area contributed by atoms with Gasteiger partial charge in [0.25, 0.3) is 0 Å². The molecule has 1 aliphatic rings. The van der Waals surface area contributed by atoms with E-state index in [1.807, 2.05) is 18.2 Å². The van der Waals surface area contributed by atoms with Crippen LogP contribution in [0.5, 0.6) is 0 Å². The van der Waals surface area contributed by atoms with Crippen LogP contribution in [0.15, 0.2) is 30.3 Å². The molecule has 0 unspecified atom stereocenters. The fraction of sp³-hybridized carbons (Fsp3) is 0.0909. The van der Waals surface area contributed by atoms with Crippen LogP contribution in [0.4, 0.5) is 0 Å². The smallest absolute Gasteiger partial charge is 0.130 e. The quantitative estimate of drug-likeness (QED) is 0.526. The summed E-state index contributed by atoms with van der Waals surface area (Å²) in [7, 11) is 0. The molecule has 4 rings (SSSR count). The van der Waals surface area contributed by atoms with E-state index in [2.05, 4.69) is 29.6 Å². The van der Waals surface area contributed by atoms with Crippen molar-refractivity contribution >= 4 is 23.5 Å². The number of hydrogen-bond acceptors (Lipinski definition) is 6. The van der Waals surface area contributed by atoms with Crippen LogP contribution < -0.4 is 0 Å². The molecular weight excluding hydrogens is 252 g/mol. The molecule has 6 heteroatoms. The number of fused-ring (bicyclic) bond motifs is 3. The van der Waals surface area contributed by atoms with E-state index in [-0.39, 0.29) is 5.92 Å². The minimum absolute atomic E-state index is 0.110. The summed E-state index contributed by atoms with van der Waals surface area (Å²) in [6.07, 6.45) is 0. The Morgan fingerprint density at radius 1 is 0.765 bits per heavy atom. The fourth-order valence-electron chi connectivity index (χ4n) is 2.19. The fourth-order valence-corrected chi connectivity index (χ4v) is 3.35. The predicted octanol–water partition coefficient (Wildman–Crippen LogP) is 2.55. The van der Waals surface area contributed by atoms with Gasteiger partial charge in [-0.1, -0.05) is 30.3 Å². The van der Waals surface area contributed by atoms with Gasteiger partial charge < -0.3 is 0 Å². The highest BCUT2D eigenvalue weighted by molar-refractivity contribution is 7.00. The molecule has 0 saturated heterocycles. The van der Waals surface area contributed by atoms with Gasteiger partial charge in [0.2, 0.25) is 0 Å². The summed E-state index contributed by atoms with van der Waals surface area (Å²) >= 11 is 2.49. The van der Waals surface area contributed by atoms with Crippen molar-refractivity contribution in [1.82, 2.24) is 17.5 Å². The summed E-state index contributed by atoms with van der Waals surface area (Å²) in [5.41, 5.74) is 5.02. The molecule has 1 aromatic carbocycles. The molecule has 4 nitrogen and oxygen atoms in total. The zero-order chi connectivity index (χ0) is 11.2. The molecule has 0 atom stereocenters. The van der Waals surface area contributed by atoms with Gasteiger partial charge in [0.15, 0.2) is 0 Å². The van der Waals surface area contributed by atoms with Crippen molar-refractivity contribution in [2.24, 2.45) is 0 Å². The van der Waals surface area contributed by atoms with Crippen molar-refractivity contribution in [3.63, 3.8) is 0 Å². The average Bonchev–Trinajstić information content (AvgIpc) is 3.01. The Hall–Kier alpha value is -1.66. The van der Waals surface area contributed by atoms with Gasteiger partial charge in [-0.2, -0.15) is 17.5 Å². The maximum absolute atomic E-state index is 4.40. The molecule has 2 aromatic heterocycles. The Morgan fingerprint density at radius 3 is 1.94 bits per heavy atom. The van der Waals surface area contributed by atoms with Crippen LogP contribution in [0.3, 0.4) is 0 Å². The van der Waals surface area contributed by atoms with Crippen LogP contribution >= 0.6 is 23.5 Å². The van der Waals surface area contributed by atoms with Gasteiger partial charge >= 0.3 is 0 Å². The maximum atomic E-state index is 4.40. The third kappa shape index (κ3) is 1.22. The molecule has 0 saturated carbocycles. The standard InChI is InChI=1S/C11H6N4S2/c1-2-4-6(5-3-1)7-8-10(14-16-12-8)11-9(7)13-17-15-11/h1-5,7H. The third-order valence-electron chi connectivity index (χ3n) is 2.93. The lowest BCUT2D eigenvalue weighted by atomic mass is 9.97. The van der Waals surface area contributed by atoms with Gasteiger partial charge in [0.1, 0.15) is 11.4 Å². The first-order valence-electron chi connectivity index (χ1n) is 5.15. The molecule has 3 aromatic rings. The lowest BCUT2D eigenvalue weighted by molar-refractivity contribution is 0.948. The highest BCUT2D eigenvalue weighted by atomic mass is 32.1. The number of aromatic nitrogens is 4. The minimum Gasteiger partial charge on any atom is -0.176 e. The zero-order valence-electron chi connectivity index (χ0n) is 8.57. The molecule has 1 aliphatic carbocycles. The van der Waals surface area contributed by atoms with Crippen molar-refractivity contribution in [3.05, 3.63) is 47.3 Å². The van der Waals surface area contributed by atoms with Gasteiger partial charge in [-0.15, -0.1) is 0 Å². The highest BCUT2D eigenvalue weighted by Crippen LogP contribution is 2.45. The SMILES string of the molecule is c1ccc(C2c3nsnc3-c3nsnc32)cc1. The lowest BCUT2D eigenvalue weighted by Crippen LogP contribution is -1.99. The summed E-state index contributed by atoms with van der Waals surface area (Å²) in [6.45, 7) is 0. The number of benzene rings is 1. The topological polar surface area (TPSA) is 51.6 Å². The number of rotatable bonds is 1. The van der Waals surface area contributed by atoms with Crippen molar-refractivity contribution in [1.29, 1.82) is 0 Å². The molecule has 82 valence electrons. The van der Waals surface area contributed by atoms with Crippen molar-refractivity contribution in [2.45, 2.75) is 5.92 Å². The molecule has 0 amide bonds. The Balaban J connectivity index is 1.99. The summed E-state index contributed by atoms with van der Waals surface area (Å²) in [5, 5.41) is 0. The molecule has 0 aliphatic heterocycles. The Labute approximate surface area is 106 Å². The summed E-state index contributed by atoms with van der Waals surface area (Å²) in [5.74, 6) is 0.110. The van der Waals surface area contributed by atoms with E-state index in [4.69, 9.17) is 0 Å². The van der Waals surface area contributed by atoms with Crippen LogP contribution in [-0.4, -0.2) is 17.5 Å². The van der Waals surface area contributed by atoms with Crippen molar-refractivity contribution in [2.75, 3.05) is 0 Å².